The Labute approximate surface area is 119 Å². The first-order valence-electron chi connectivity index (χ1n) is 6.31. The molecule has 1 aliphatic rings. The van der Waals surface area contributed by atoms with Gasteiger partial charge in [0.05, 0.1) is 10.6 Å². The Bertz CT molecular complexity index is 610. The molecule has 3 rings (SSSR count). The number of carboxylic acid groups (broad SMARTS) is 1. The number of nitrogens with zero attached hydrogens (tertiary/aromatic N) is 2. The topological polar surface area (TPSA) is 92.6 Å². The molecule has 2 aromatic rings. The lowest BCUT2D eigenvalue weighted by atomic mass is 10.0. The standard InChI is InChI=1S/C13H15N3O3S/c14-13(12(17)18)3-4-16(8-13)7-9-6-10(19-15-9)11-2-1-5-20-11/h1-2,5-6H,3-4,7-8,14H2,(H,17,18). The quantitative estimate of drug-likeness (QED) is 0.885. The van der Waals surface area contributed by atoms with E-state index in [1.165, 1.54) is 0 Å². The second-order valence-corrected chi connectivity index (χ2v) is 6.03. The Morgan fingerprint density at radius 3 is 3.15 bits per heavy atom. The average molecular weight is 293 g/mol. The van der Waals surface area contributed by atoms with E-state index < -0.39 is 11.5 Å². The van der Waals surface area contributed by atoms with Crippen molar-refractivity contribution in [3.05, 3.63) is 29.3 Å². The largest absolute Gasteiger partial charge is 0.480 e. The summed E-state index contributed by atoms with van der Waals surface area (Å²) in [7, 11) is 0. The average Bonchev–Trinajstić information content (AvgIpc) is 3.10. The fourth-order valence-electron chi connectivity index (χ4n) is 2.37. The Morgan fingerprint density at radius 1 is 1.65 bits per heavy atom. The minimum Gasteiger partial charge on any atom is -0.480 e. The molecule has 7 heteroatoms. The summed E-state index contributed by atoms with van der Waals surface area (Å²) in [6, 6.07) is 5.82. The molecule has 1 fully saturated rings. The van der Waals surface area contributed by atoms with Gasteiger partial charge in [-0.2, -0.15) is 0 Å². The van der Waals surface area contributed by atoms with Gasteiger partial charge in [-0.15, -0.1) is 11.3 Å². The van der Waals surface area contributed by atoms with Crippen LogP contribution in [0.2, 0.25) is 0 Å². The maximum absolute atomic E-state index is 11.1. The maximum atomic E-state index is 11.1. The van der Waals surface area contributed by atoms with E-state index in [0.717, 1.165) is 16.3 Å². The summed E-state index contributed by atoms with van der Waals surface area (Å²) in [5.41, 5.74) is 5.50. The van der Waals surface area contributed by atoms with Crippen LogP contribution >= 0.6 is 11.3 Å². The molecule has 0 bridgehead atoms. The van der Waals surface area contributed by atoms with Crippen LogP contribution in [-0.4, -0.2) is 39.8 Å². The molecule has 0 spiro atoms. The fourth-order valence-corrected chi connectivity index (χ4v) is 3.05. The summed E-state index contributed by atoms with van der Waals surface area (Å²) in [6.45, 7) is 1.55. The number of rotatable bonds is 4. The number of carboxylic acids is 1. The zero-order valence-corrected chi connectivity index (χ0v) is 11.6. The third-order valence-corrected chi connectivity index (χ3v) is 4.40. The van der Waals surface area contributed by atoms with Gasteiger partial charge in [0.25, 0.3) is 0 Å². The normalized spacial score (nSPS) is 23.2. The molecule has 1 saturated heterocycles. The number of hydrogen-bond donors (Lipinski definition) is 2. The van der Waals surface area contributed by atoms with Gasteiger partial charge in [0.2, 0.25) is 0 Å². The highest BCUT2D eigenvalue weighted by Gasteiger charge is 2.41. The highest BCUT2D eigenvalue weighted by Crippen LogP contribution is 2.26. The van der Waals surface area contributed by atoms with Crippen LogP contribution in [0.5, 0.6) is 0 Å². The molecule has 20 heavy (non-hydrogen) atoms. The van der Waals surface area contributed by atoms with E-state index in [0.29, 0.717) is 26.1 Å². The van der Waals surface area contributed by atoms with E-state index >= 15 is 0 Å². The minimum absolute atomic E-state index is 0.337. The molecule has 0 aliphatic carbocycles. The van der Waals surface area contributed by atoms with Crippen molar-refractivity contribution in [2.75, 3.05) is 13.1 Å². The zero-order valence-electron chi connectivity index (χ0n) is 10.8. The predicted molar refractivity (Wildman–Crippen MR) is 74.3 cm³/mol. The number of thiophene rings is 1. The molecule has 6 nitrogen and oxygen atoms in total. The SMILES string of the molecule is NC1(C(=O)O)CCN(Cc2cc(-c3cccs3)on2)C1. The molecular weight excluding hydrogens is 278 g/mol. The second kappa shape index (κ2) is 5.01. The van der Waals surface area contributed by atoms with Gasteiger partial charge in [0, 0.05) is 25.7 Å². The molecule has 2 aromatic heterocycles. The highest BCUT2D eigenvalue weighted by molar-refractivity contribution is 7.13. The summed E-state index contributed by atoms with van der Waals surface area (Å²) in [4.78, 5) is 14.1. The summed E-state index contributed by atoms with van der Waals surface area (Å²) in [6.07, 6.45) is 0.456. The minimum atomic E-state index is -1.14. The molecule has 0 saturated carbocycles. The number of aliphatic carboxylic acids is 1. The third-order valence-electron chi connectivity index (χ3n) is 3.51. The van der Waals surface area contributed by atoms with Crippen LogP contribution < -0.4 is 5.73 Å². The number of likely N-dealkylation sites (tertiary alicyclic amines) is 1. The van der Waals surface area contributed by atoms with Crippen molar-refractivity contribution in [2.24, 2.45) is 5.73 Å². The lowest BCUT2D eigenvalue weighted by Crippen LogP contribution is -2.50. The monoisotopic (exact) mass is 293 g/mol. The van der Waals surface area contributed by atoms with Crippen molar-refractivity contribution < 1.29 is 14.4 Å². The van der Waals surface area contributed by atoms with Crippen molar-refractivity contribution in [1.82, 2.24) is 10.1 Å². The number of aromatic nitrogens is 1. The van der Waals surface area contributed by atoms with Crippen LogP contribution in [0.3, 0.4) is 0 Å². The van der Waals surface area contributed by atoms with Crippen molar-refractivity contribution in [2.45, 2.75) is 18.5 Å². The smallest absolute Gasteiger partial charge is 0.325 e. The van der Waals surface area contributed by atoms with Gasteiger partial charge in [0.1, 0.15) is 5.54 Å². The van der Waals surface area contributed by atoms with Crippen LogP contribution in [0, 0.1) is 0 Å². The van der Waals surface area contributed by atoms with Gasteiger partial charge in [-0.1, -0.05) is 11.2 Å². The van der Waals surface area contributed by atoms with Crippen LogP contribution in [-0.2, 0) is 11.3 Å². The Balaban J connectivity index is 1.66. The van der Waals surface area contributed by atoms with Crippen LogP contribution in [0.4, 0.5) is 0 Å². The molecule has 1 atom stereocenters. The van der Waals surface area contributed by atoms with Crippen molar-refractivity contribution in [1.29, 1.82) is 0 Å². The Kier molecular flexibility index (Phi) is 3.33. The summed E-state index contributed by atoms with van der Waals surface area (Å²) < 4.78 is 5.30. The lowest BCUT2D eigenvalue weighted by Gasteiger charge is -2.19. The molecule has 3 heterocycles. The van der Waals surface area contributed by atoms with Gasteiger partial charge >= 0.3 is 5.97 Å². The first-order valence-corrected chi connectivity index (χ1v) is 7.19. The van der Waals surface area contributed by atoms with Crippen LogP contribution in [0.15, 0.2) is 28.1 Å². The third kappa shape index (κ3) is 2.47. The van der Waals surface area contributed by atoms with Crippen LogP contribution in [0.25, 0.3) is 10.6 Å². The summed E-state index contributed by atoms with van der Waals surface area (Å²) in [5.74, 6) is -0.203. The highest BCUT2D eigenvalue weighted by atomic mass is 32.1. The van der Waals surface area contributed by atoms with Gasteiger partial charge < -0.3 is 15.4 Å². The molecule has 106 valence electrons. The number of nitrogens with two attached hydrogens (primary N) is 1. The van der Waals surface area contributed by atoms with Crippen molar-refractivity contribution in [3.63, 3.8) is 0 Å². The van der Waals surface area contributed by atoms with Gasteiger partial charge in [-0.25, -0.2) is 0 Å². The molecule has 1 unspecified atom stereocenters. The zero-order chi connectivity index (χ0) is 14.2. The molecule has 0 radical (unpaired) electrons. The first kappa shape index (κ1) is 13.3. The van der Waals surface area contributed by atoms with Gasteiger partial charge in [-0.3, -0.25) is 9.69 Å². The number of carbonyl (C=O) groups is 1. The molecule has 3 N–H and O–H groups in total. The molecule has 0 amide bonds. The van der Waals surface area contributed by atoms with Crippen molar-refractivity contribution in [3.8, 4) is 10.6 Å². The number of hydrogen-bond acceptors (Lipinski definition) is 6. The van der Waals surface area contributed by atoms with Gasteiger partial charge in [0.15, 0.2) is 5.76 Å². The molecule has 0 aromatic carbocycles. The Hall–Kier alpha value is -1.70. The van der Waals surface area contributed by atoms with E-state index in [2.05, 4.69) is 5.16 Å². The first-order chi connectivity index (χ1) is 9.57. The second-order valence-electron chi connectivity index (χ2n) is 5.08. The summed E-state index contributed by atoms with van der Waals surface area (Å²) in [5, 5.41) is 15.1. The van der Waals surface area contributed by atoms with E-state index in [-0.39, 0.29) is 0 Å². The van der Waals surface area contributed by atoms with Crippen molar-refractivity contribution >= 4 is 17.3 Å². The van der Waals surface area contributed by atoms with E-state index in [1.807, 2.05) is 28.5 Å². The Morgan fingerprint density at radius 2 is 2.50 bits per heavy atom. The van der Waals surface area contributed by atoms with E-state index in [9.17, 15) is 4.79 Å². The fraction of sp³-hybridized carbons (Fsp3) is 0.385. The van der Waals surface area contributed by atoms with Crippen LogP contribution in [0.1, 0.15) is 12.1 Å². The van der Waals surface area contributed by atoms with E-state index in [1.54, 1.807) is 11.3 Å². The molecular formula is C13H15N3O3S. The van der Waals surface area contributed by atoms with Gasteiger partial charge in [-0.05, 0) is 17.9 Å². The van der Waals surface area contributed by atoms with E-state index in [4.69, 9.17) is 15.4 Å². The lowest BCUT2D eigenvalue weighted by molar-refractivity contribution is -0.142. The maximum Gasteiger partial charge on any atom is 0.325 e. The summed E-state index contributed by atoms with van der Waals surface area (Å²) >= 11 is 1.59. The predicted octanol–water partition coefficient (Wildman–Crippen LogP) is 1.39. The molecule has 1 aliphatic heterocycles.